The molecule has 2 heterocycles. The van der Waals surface area contributed by atoms with Crippen molar-refractivity contribution >= 4 is 11.6 Å². The Labute approximate surface area is 108 Å². The summed E-state index contributed by atoms with van der Waals surface area (Å²) in [6, 6.07) is 4.61. The van der Waals surface area contributed by atoms with Crippen LogP contribution in [0.4, 0.5) is 5.95 Å². The van der Waals surface area contributed by atoms with Gasteiger partial charge in [0.25, 0.3) is 0 Å². The molecule has 0 bridgehead atoms. The Morgan fingerprint density at radius 2 is 2.22 bits per heavy atom. The Bertz CT molecular complexity index is 517. The fourth-order valence-electron chi connectivity index (χ4n) is 1.66. The normalized spacial score (nSPS) is 11.7. The number of aryl methyl sites for hydroxylation is 1. The van der Waals surface area contributed by atoms with Crippen LogP contribution in [0.1, 0.15) is 19.4 Å². The van der Waals surface area contributed by atoms with E-state index in [9.17, 15) is 0 Å². The molecule has 0 aliphatic carbocycles. The second-order valence-corrected chi connectivity index (χ2v) is 4.94. The summed E-state index contributed by atoms with van der Waals surface area (Å²) in [6.45, 7) is 8.26. The van der Waals surface area contributed by atoms with Crippen molar-refractivity contribution in [2.45, 2.75) is 26.8 Å². The van der Waals surface area contributed by atoms with E-state index >= 15 is 0 Å². The van der Waals surface area contributed by atoms with Crippen LogP contribution in [0.25, 0.3) is 5.65 Å². The van der Waals surface area contributed by atoms with Crippen LogP contribution in [0.5, 0.6) is 0 Å². The fraction of sp³-hybridized carbons (Fsp3) is 0.538. The van der Waals surface area contributed by atoms with Gasteiger partial charge in [-0.25, -0.2) is 4.52 Å². The Kier molecular flexibility index (Phi) is 3.81. The minimum Gasteiger partial charge on any atom is -0.352 e. The number of likely N-dealkylation sites (N-methyl/N-ethyl adjacent to an activating group) is 1. The van der Waals surface area contributed by atoms with Crippen molar-refractivity contribution < 1.29 is 0 Å². The highest BCUT2D eigenvalue weighted by atomic mass is 15.3. The maximum absolute atomic E-state index is 4.44. The Hall–Kier alpha value is -1.62. The van der Waals surface area contributed by atoms with Gasteiger partial charge < -0.3 is 10.2 Å². The van der Waals surface area contributed by atoms with E-state index in [1.165, 1.54) is 5.56 Å². The number of anilines is 1. The molecule has 0 fully saturated rings. The first-order chi connectivity index (χ1) is 8.56. The van der Waals surface area contributed by atoms with Crippen LogP contribution in [0.3, 0.4) is 0 Å². The number of pyridine rings is 1. The molecule has 0 unspecified atom stereocenters. The molecule has 0 saturated carbocycles. The second kappa shape index (κ2) is 5.35. The molecule has 2 rings (SSSR count). The molecule has 0 saturated heterocycles. The quantitative estimate of drug-likeness (QED) is 0.875. The van der Waals surface area contributed by atoms with E-state index in [-0.39, 0.29) is 0 Å². The molecule has 2 aromatic heterocycles. The third-order valence-corrected chi connectivity index (χ3v) is 3.12. The van der Waals surface area contributed by atoms with Crippen molar-refractivity contribution in [3.63, 3.8) is 0 Å². The summed E-state index contributed by atoms with van der Waals surface area (Å²) in [4.78, 5) is 6.72. The summed E-state index contributed by atoms with van der Waals surface area (Å²) in [6.07, 6.45) is 1.93. The molecule has 0 amide bonds. The molecule has 0 aliphatic heterocycles. The zero-order valence-electron chi connectivity index (χ0n) is 11.5. The summed E-state index contributed by atoms with van der Waals surface area (Å²) in [7, 11) is 2.12. The number of nitrogens with one attached hydrogen (secondary N) is 1. The first kappa shape index (κ1) is 12.8. The van der Waals surface area contributed by atoms with Gasteiger partial charge in [0, 0.05) is 25.3 Å². The van der Waals surface area contributed by atoms with E-state index in [0.29, 0.717) is 12.0 Å². The standard InChI is InChI=1S/C13H21N5/c1-10(2)17(4)8-6-14-13-15-12-9-11(3)5-7-18(12)16-13/h5,7,9-10H,6,8H2,1-4H3,(H,14,16). The number of nitrogens with zero attached hydrogens (tertiary/aromatic N) is 4. The summed E-state index contributed by atoms with van der Waals surface area (Å²) in [5, 5.41) is 7.63. The number of fused-ring (bicyclic) bond motifs is 1. The van der Waals surface area contributed by atoms with Crippen molar-refractivity contribution in [1.82, 2.24) is 19.5 Å². The van der Waals surface area contributed by atoms with Gasteiger partial charge in [-0.3, -0.25) is 0 Å². The van der Waals surface area contributed by atoms with Gasteiger partial charge in [0.15, 0.2) is 5.65 Å². The minimum atomic E-state index is 0.559. The summed E-state index contributed by atoms with van der Waals surface area (Å²) < 4.78 is 1.79. The predicted molar refractivity (Wildman–Crippen MR) is 74.0 cm³/mol. The molecule has 18 heavy (non-hydrogen) atoms. The molecule has 0 spiro atoms. The molecule has 98 valence electrons. The van der Waals surface area contributed by atoms with Crippen molar-refractivity contribution in [2.24, 2.45) is 0 Å². The van der Waals surface area contributed by atoms with Crippen LogP contribution in [0.15, 0.2) is 18.3 Å². The Morgan fingerprint density at radius 3 is 2.94 bits per heavy atom. The van der Waals surface area contributed by atoms with Crippen LogP contribution in [-0.4, -0.2) is 45.7 Å². The van der Waals surface area contributed by atoms with E-state index in [1.54, 1.807) is 4.52 Å². The van der Waals surface area contributed by atoms with Crippen LogP contribution < -0.4 is 5.32 Å². The Morgan fingerprint density at radius 1 is 1.44 bits per heavy atom. The van der Waals surface area contributed by atoms with Crippen molar-refractivity contribution in [3.05, 3.63) is 23.9 Å². The summed E-state index contributed by atoms with van der Waals surface area (Å²) in [5.74, 6) is 0.692. The number of rotatable bonds is 5. The first-order valence-electron chi connectivity index (χ1n) is 6.33. The van der Waals surface area contributed by atoms with E-state index in [1.807, 2.05) is 18.3 Å². The van der Waals surface area contributed by atoms with Gasteiger partial charge in [-0.1, -0.05) is 0 Å². The third-order valence-electron chi connectivity index (χ3n) is 3.12. The lowest BCUT2D eigenvalue weighted by Crippen LogP contribution is -2.31. The monoisotopic (exact) mass is 247 g/mol. The van der Waals surface area contributed by atoms with Crippen LogP contribution in [-0.2, 0) is 0 Å². The lowest BCUT2D eigenvalue weighted by molar-refractivity contribution is 0.284. The average molecular weight is 247 g/mol. The molecule has 5 heteroatoms. The molecular weight excluding hydrogens is 226 g/mol. The molecule has 0 atom stereocenters. The average Bonchev–Trinajstić information content (AvgIpc) is 2.70. The van der Waals surface area contributed by atoms with Gasteiger partial charge >= 0.3 is 0 Å². The highest BCUT2D eigenvalue weighted by Crippen LogP contribution is 2.07. The maximum atomic E-state index is 4.44. The SMILES string of the molecule is Cc1ccn2nc(NCCN(C)C(C)C)nc2c1. The van der Waals surface area contributed by atoms with Gasteiger partial charge in [-0.15, -0.1) is 5.10 Å². The van der Waals surface area contributed by atoms with Gasteiger partial charge in [-0.2, -0.15) is 4.98 Å². The van der Waals surface area contributed by atoms with Crippen molar-refractivity contribution in [1.29, 1.82) is 0 Å². The zero-order chi connectivity index (χ0) is 13.1. The van der Waals surface area contributed by atoms with E-state index in [4.69, 9.17) is 0 Å². The maximum Gasteiger partial charge on any atom is 0.243 e. The molecule has 0 aromatic carbocycles. The molecule has 0 radical (unpaired) electrons. The number of hydrogen-bond donors (Lipinski definition) is 1. The van der Waals surface area contributed by atoms with E-state index in [2.05, 4.69) is 48.1 Å². The van der Waals surface area contributed by atoms with Crippen molar-refractivity contribution in [2.75, 3.05) is 25.5 Å². The first-order valence-corrected chi connectivity index (χ1v) is 6.33. The van der Waals surface area contributed by atoms with Crippen molar-refractivity contribution in [3.8, 4) is 0 Å². The zero-order valence-corrected chi connectivity index (χ0v) is 11.5. The smallest absolute Gasteiger partial charge is 0.243 e. The van der Waals surface area contributed by atoms with Crippen LogP contribution in [0.2, 0.25) is 0 Å². The largest absolute Gasteiger partial charge is 0.352 e. The van der Waals surface area contributed by atoms with Crippen LogP contribution >= 0.6 is 0 Å². The minimum absolute atomic E-state index is 0.559. The van der Waals surface area contributed by atoms with E-state index in [0.717, 1.165) is 18.7 Å². The Balaban J connectivity index is 1.96. The third kappa shape index (κ3) is 2.98. The molecule has 1 N–H and O–H groups in total. The van der Waals surface area contributed by atoms with Gasteiger partial charge in [0.05, 0.1) is 0 Å². The molecule has 2 aromatic rings. The summed E-state index contributed by atoms with van der Waals surface area (Å²) in [5.41, 5.74) is 2.08. The fourth-order valence-corrected chi connectivity index (χ4v) is 1.66. The molecule has 5 nitrogen and oxygen atoms in total. The lowest BCUT2D eigenvalue weighted by atomic mass is 10.3. The molecular formula is C13H21N5. The highest BCUT2D eigenvalue weighted by Gasteiger charge is 2.05. The lowest BCUT2D eigenvalue weighted by Gasteiger charge is -2.20. The van der Waals surface area contributed by atoms with Gasteiger partial charge in [-0.05, 0) is 45.5 Å². The highest BCUT2D eigenvalue weighted by molar-refractivity contribution is 5.45. The number of hydrogen-bond acceptors (Lipinski definition) is 4. The predicted octanol–water partition coefficient (Wildman–Crippen LogP) is 1.79. The van der Waals surface area contributed by atoms with Gasteiger partial charge in [0.2, 0.25) is 5.95 Å². The number of aromatic nitrogens is 3. The summed E-state index contributed by atoms with van der Waals surface area (Å²) >= 11 is 0. The van der Waals surface area contributed by atoms with Crippen LogP contribution in [0, 0.1) is 6.92 Å². The second-order valence-electron chi connectivity index (χ2n) is 4.94. The topological polar surface area (TPSA) is 45.5 Å². The van der Waals surface area contributed by atoms with E-state index < -0.39 is 0 Å². The molecule has 0 aliphatic rings. The van der Waals surface area contributed by atoms with Gasteiger partial charge in [0.1, 0.15) is 0 Å².